The highest BCUT2D eigenvalue weighted by Crippen LogP contribution is 2.35. The number of likely N-dealkylation sites (tertiary alicyclic amines) is 1. The largest absolute Gasteiger partial charge is 0.370 e. The van der Waals surface area contributed by atoms with Crippen LogP contribution in [0.3, 0.4) is 0 Å². The molecule has 172 valence electrons. The van der Waals surface area contributed by atoms with E-state index < -0.39 is 0 Å². The minimum atomic E-state index is -0.381. The number of amides is 1. The summed E-state index contributed by atoms with van der Waals surface area (Å²) in [6.45, 7) is 2.02. The van der Waals surface area contributed by atoms with E-state index in [1.165, 1.54) is 24.3 Å². The zero-order valence-electron chi connectivity index (χ0n) is 18.5. The Balaban J connectivity index is 1.22. The van der Waals surface area contributed by atoms with Crippen molar-refractivity contribution in [2.24, 2.45) is 0 Å². The van der Waals surface area contributed by atoms with E-state index >= 15 is 0 Å². The lowest BCUT2D eigenvalue weighted by Crippen LogP contribution is -2.39. The summed E-state index contributed by atoms with van der Waals surface area (Å²) in [6.07, 6.45) is 5.68. The number of nitrogens with zero attached hydrogens (tertiary/aromatic N) is 4. The fraction of sp³-hybridized carbons (Fsp3) is 0.440. The fourth-order valence-corrected chi connectivity index (χ4v) is 4.85. The molecule has 2 aliphatic rings. The second-order valence-electron chi connectivity index (χ2n) is 8.73. The van der Waals surface area contributed by atoms with E-state index in [0.29, 0.717) is 18.7 Å². The molecule has 5 rings (SSSR count). The van der Waals surface area contributed by atoms with Crippen LogP contribution in [0.25, 0.3) is 11.2 Å². The molecule has 2 aromatic heterocycles. The molecule has 3 aromatic rings. The van der Waals surface area contributed by atoms with Crippen molar-refractivity contribution >= 4 is 22.9 Å². The summed E-state index contributed by atoms with van der Waals surface area (Å²) >= 11 is 0. The maximum Gasteiger partial charge on any atom is 0.223 e. The normalized spacial score (nSPS) is 19.3. The zero-order chi connectivity index (χ0) is 22.8. The van der Waals surface area contributed by atoms with E-state index in [2.05, 4.69) is 9.55 Å². The highest BCUT2D eigenvalue weighted by atomic mass is 19.1. The Morgan fingerprint density at radius 3 is 2.58 bits per heavy atom. The van der Waals surface area contributed by atoms with Crippen LogP contribution in [0, 0.1) is 5.82 Å². The molecule has 0 aliphatic carbocycles. The third-order valence-corrected chi connectivity index (χ3v) is 6.61. The highest BCUT2D eigenvalue weighted by Gasteiger charge is 2.31. The number of imidazole rings is 1. The Bertz CT molecular complexity index is 1150. The van der Waals surface area contributed by atoms with Crippen molar-refractivity contribution in [3.63, 3.8) is 0 Å². The smallest absolute Gasteiger partial charge is 0.223 e. The molecule has 1 unspecified atom stereocenters. The lowest BCUT2D eigenvalue weighted by Gasteiger charge is -2.34. The molecular formula is C25H27FN4O3. The summed E-state index contributed by atoms with van der Waals surface area (Å²) in [5.41, 5.74) is 2.18. The first-order valence-electron chi connectivity index (χ1n) is 11.6. The van der Waals surface area contributed by atoms with Gasteiger partial charge in [-0.05, 0) is 62.1 Å². The van der Waals surface area contributed by atoms with Crippen LogP contribution in [0.2, 0.25) is 0 Å². The van der Waals surface area contributed by atoms with Gasteiger partial charge in [-0.15, -0.1) is 0 Å². The number of pyridine rings is 1. The van der Waals surface area contributed by atoms with Crippen molar-refractivity contribution in [3.8, 4) is 0 Å². The van der Waals surface area contributed by atoms with Gasteiger partial charge in [-0.1, -0.05) is 0 Å². The van der Waals surface area contributed by atoms with Crippen molar-refractivity contribution in [1.82, 2.24) is 19.4 Å². The monoisotopic (exact) mass is 450 g/mol. The topological polar surface area (TPSA) is 77.3 Å². The number of benzene rings is 1. The molecule has 2 aliphatic heterocycles. The molecule has 0 N–H and O–H groups in total. The number of piperidine rings is 1. The molecule has 33 heavy (non-hydrogen) atoms. The molecule has 0 radical (unpaired) electrons. The predicted octanol–water partition coefficient (Wildman–Crippen LogP) is 4.25. The van der Waals surface area contributed by atoms with Crippen LogP contribution in [-0.4, -0.2) is 50.8 Å². The summed E-state index contributed by atoms with van der Waals surface area (Å²) in [5.74, 6) is 0.400. The Morgan fingerprint density at radius 2 is 1.85 bits per heavy atom. The number of aromatic nitrogens is 3. The molecule has 7 nitrogen and oxygen atoms in total. The molecule has 0 saturated carbocycles. The van der Waals surface area contributed by atoms with Gasteiger partial charge in [-0.2, -0.15) is 0 Å². The third-order valence-electron chi connectivity index (χ3n) is 6.61. The van der Waals surface area contributed by atoms with Crippen LogP contribution in [0.1, 0.15) is 66.9 Å². The summed E-state index contributed by atoms with van der Waals surface area (Å²) in [4.78, 5) is 36.3. The third kappa shape index (κ3) is 4.53. The SMILES string of the molecule is O=C(CCC(=O)N1CCC(n2c(C3CCCO3)nc3cccnc32)CC1)c1ccc(F)cc1. The van der Waals surface area contributed by atoms with Gasteiger partial charge in [0.25, 0.3) is 0 Å². The van der Waals surface area contributed by atoms with Gasteiger partial charge >= 0.3 is 0 Å². The highest BCUT2D eigenvalue weighted by molar-refractivity contribution is 5.97. The first-order valence-corrected chi connectivity index (χ1v) is 11.6. The van der Waals surface area contributed by atoms with Crippen molar-refractivity contribution in [2.45, 2.75) is 50.7 Å². The van der Waals surface area contributed by atoms with E-state index in [1.807, 2.05) is 17.0 Å². The molecule has 1 aromatic carbocycles. The summed E-state index contributed by atoms with van der Waals surface area (Å²) in [7, 11) is 0. The number of halogens is 1. The van der Waals surface area contributed by atoms with E-state index in [9.17, 15) is 14.0 Å². The Morgan fingerprint density at radius 1 is 1.06 bits per heavy atom. The molecule has 4 heterocycles. The number of carbonyl (C=O) groups is 2. The zero-order valence-corrected chi connectivity index (χ0v) is 18.5. The van der Waals surface area contributed by atoms with Crippen molar-refractivity contribution in [2.75, 3.05) is 19.7 Å². The molecule has 0 spiro atoms. The minimum absolute atomic E-state index is 0.00339. The lowest BCUT2D eigenvalue weighted by atomic mass is 10.0. The Kier molecular flexibility index (Phi) is 6.17. The van der Waals surface area contributed by atoms with E-state index in [4.69, 9.17) is 9.72 Å². The molecule has 2 fully saturated rings. The molecule has 0 bridgehead atoms. The van der Waals surface area contributed by atoms with Crippen LogP contribution in [0.15, 0.2) is 42.6 Å². The number of Topliss-reactive ketones (excluding diaryl/α,β-unsaturated/α-hetero) is 1. The number of fused-ring (bicyclic) bond motifs is 1. The maximum atomic E-state index is 13.1. The summed E-state index contributed by atoms with van der Waals surface area (Å²) in [6, 6.07) is 9.53. The first-order chi connectivity index (χ1) is 16.1. The maximum absolute atomic E-state index is 13.1. The predicted molar refractivity (Wildman–Crippen MR) is 120 cm³/mol. The lowest BCUT2D eigenvalue weighted by molar-refractivity contribution is -0.132. The average Bonchev–Trinajstić information content (AvgIpc) is 3.51. The summed E-state index contributed by atoms with van der Waals surface area (Å²) < 4.78 is 21.2. The summed E-state index contributed by atoms with van der Waals surface area (Å²) in [5, 5.41) is 0. The van der Waals surface area contributed by atoms with Gasteiger partial charge in [0.15, 0.2) is 11.4 Å². The average molecular weight is 451 g/mol. The molecule has 2 saturated heterocycles. The fourth-order valence-electron chi connectivity index (χ4n) is 4.85. The number of carbonyl (C=O) groups excluding carboxylic acids is 2. The van der Waals surface area contributed by atoms with E-state index in [1.54, 1.807) is 6.20 Å². The van der Waals surface area contributed by atoms with Crippen LogP contribution in [-0.2, 0) is 9.53 Å². The van der Waals surface area contributed by atoms with Crippen LogP contribution in [0.4, 0.5) is 4.39 Å². The second-order valence-corrected chi connectivity index (χ2v) is 8.73. The number of ether oxygens (including phenoxy) is 1. The Hall–Kier alpha value is -3.13. The van der Waals surface area contributed by atoms with Crippen LogP contribution >= 0.6 is 0 Å². The van der Waals surface area contributed by atoms with Crippen LogP contribution < -0.4 is 0 Å². The van der Waals surface area contributed by atoms with Crippen molar-refractivity contribution in [1.29, 1.82) is 0 Å². The van der Waals surface area contributed by atoms with Gasteiger partial charge in [0.2, 0.25) is 5.91 Å². The van der Waals surface area contributed by atoms with E-state index in [-0.39, 0.29) is 42.5 Å². The van der Waals surface area contributed by atoms with Crippen LogP contribution in [0.5, 0.6) is 0 Å². The van der Waals surface area contributed by atoms with E-state index in [0.717, 1.165) is 49.3 Å². The first kappa shape index (κ1) is 21.7. The number of hydrogen-bond donors (Lipinski definition) is 0. The number of ketones is 1. The van der Waals surface area contributed by atoms with Gasteiger partial charge in [0.05, 0.1) is 0 Å². The molecule has 8 heteroatoms. The van der Waals surface area contributed by atoms with Gasteiger partial charge in [-0.3, -0.25) is 9.59 Å². The minimum Gasteiger partial charge on any atom is -0.370 e. The molecule has 1 amide bonds. The quantitative estimate of drug-likeness (QED) is 0.525. The van der Waals surface area contributed by atoms with Crippen molar-refractivity contribution < 1.29 is 18.7 Å². The molecular weight excluding hydrogens is 423 g/mol. The second kappa shape index (κ2) is 9.39. The van der Waals surface area contributed by atoms with Gasteiger partial charge < -0.3 is 14.2 Å². The van der Waals surface area contributed by atoms with Gasteiger partial charge in [-0.25, -0.2) is 14.4 Å². The standard InChI is InChI=1S/C25H27FN4O3/c26-18-7-5-17(6-8-18)21(31)9-10-23(32)29-14-11-19(12-15-29)30-24-20(3-1-13-27-24)28-25(30)22-4-2-16-33-22/h1,3,5-8,13,19,22H,2,4,9-12,14-16H2. The van der Waals surface area contributed by atoms with Gasteiger partial charge in [0, 0.05) is 50.3 Å². The van der Waals surface area contributed by atoms with Crippen molar-refractivity contribution in [3.05, 3.63) is 59.8 Å². The van der Waals surface area contributed by atoms with Gasteiger partial charge in [0.1, 0.15) is 23.3 Å². The number of rotatable bonds is 6. The Labute approximate surface area is 191 Å². The molecule has 1 atom stereocenters. The number of hydrogen-bond acceptors (Lipinski definition) is 5.